The van der Waals surface area contributed by atoms with Crippen molar-refractivity contribution in [2.45, 2.75) is 62.6 Å². The summed E-state index contributed by atoms with van der Waals surface area (Å²) in [5.41, 5.74) is 0.512. The second-order valence-corrected chi connectivity index (χ2v) is 8.60. The van der Waals surface area contributed by atoms with Crippen LogP contribution in [0.15, 0.2) is 18.2 Å². The fourth-order valence-corrected chi connectivity index (χ4v) is 3.75. The fourth-order valence-electron chi connectivity index (χ4n) is 3.57. The average molecular weight is 511 g/mol. The van der Waals surface area contributed by atoms with Gasteiger partial charge in [-0.25, -0.2) is 0 Å². The topological polar surface area (TPSA) is 126 Å². The quantitative estimate of drug-likeness (QED) is 0.376. The summed E-state index contributed by atoms with van der Waals surface area (Å²) < 4.78 is 50.8. The third-order valence-corrected chi connectivity index (χ3v) is 5.68. The number of aliphatic hydroxyl groups excluding tert-OH is 2. The number of carbonyl (C=O) groups is 2. The van der Waals surface area contributed by atoms with Crippen LogP contribution in [0.4, 0.5) is 13.2 Å². The molecule has 0 unspecified atom stereocenters. The van der Waals surface area contributed by atoms with E-state index in [1.54, 1.807) is 18.2 Å². The first-order valence-corrected chi connectivity index (χ1v) is 11.1. The molecule has 0 bridgehead atoms. The first-order valence-electron chi connectivity index (χ1n) is 10.7. The fraction of sp³-hybridized carbons (Fsp3) is 0.619. The van der Waals surface area contributed by atoms with E-state index in [2.05, 4.69) is 15.4 Å². The maximum Gasteiger partial charge on any atom is 0.522 e. The van der Waals surface area contributed by atoms with Crippen LogP contribution in [0.2, 0.25) is 5.02 Å². The van der Waals surface area contributed by atoms with E-state index >= 15 is 0 Å². The number of benzene rings is 1. The summed E-state index contributed by atoms with van der Waals surface area (Å²) in [6.45, 7) is -0.325. The van der Waals surface area contributed by atoms with Crippen LogP contribution in [0.25, 0.3) is 0 Å². The second kappa shape index (κ2) is 11.5. The lowest BCUT2D eigenvalue weighted by Gasteiger charge is -2.34. The monoisotopic (exact) mass is 510 g/mol. The zero-order chi connectivity index (χ0) is 24.9. The number of aliphatic hydroxyl groups is 2. The van der Waals surface area contributed by atoms with Crippen molar-refractivity contribution < 1.29 is 47.2 Å². The molecule has 0 saturated heterocycles. The summed E-state index contributed by atoms with van der Waals surface area (Å²) in [5, 5.41) is 25.7. The number of hydrogen-bond acceptors (Lipinski definition) is 7. The maximum atomic E-state index is 12.3. The van der Waals surface area contributed by atoms with E-state index in [4.69, 9.17) is 21.1 Å². The van der Waals surface area contributed by atoms with Gasteiger partial charge in [0.15, 0.2) is 6.10 Å². The Morgan fingerprint density at radius 3 is 2.65 bits per heavy atom. The van der Waals surface area contributed by atoms with Gasteiger partial charge in [-0.15, -0.1) is 13.2 Å². The molecule has 1 aliphatic carbocycles. The number of fused-ring (bicyclic) bond motifs is 1. The molecule has 1 aliphatic heterocycles. The van der Waals surface area contributed by atoms with E-state index in [9.17, 15) is 33.0 Å². The van der Waals surface area contributed by atoms with Crippen LogP contribution >= 0.6 is 11.6 Å². The molecule has 1 aromatic carbocycles. The van der Waals surface area contributed by atoms with Gasteiger partial charge in [0.2, 0.25) is 5.91 Å². The first kappa shape index (κ1) is 26.5. The van der Waals surface area contributed by atoms with Gasteiger partial charge in [0.1, 0.15) is 12.4 Å². The maximum absolute atomic E-state index is 12.3. The van der Waals surface area contributed by atoms with Crippen LogP contribution in [0, 0.1) is 0 Å². The minimum absolute atomic E-state index is 0.0518. The Morgan fingerprint density at radius 2 is 1.94 bits per heavy atom. The van der Waals surface area contributed by atoms with Crippen LogP contribution in [0.1, 0.15) is 37.4 Å². The number of carbonyl (C=O) groups excluding carboxylic acids is 2. The molecule has 1 fully saturated rings. The molecule has 0 radical (unpaired) electrons. The van der Waals surface area contributed by atoms with Crippen molar-refractivity contribution in [1.82, 2.24) is 10.6 Å². The predicted octanol–water partition coefficient (Wildman–Crippen LogP) is 1.59. The van der Waals surface area contributed by atoms with Crippen LogP contribution in [-0.2, 0) is 19.1 Å². The van der Waals surface area contributed by atoms with Gasteiger partial charge in [0, 0.05) is 42.9 Å². The predicted molar refractivity (Wildman–Crippen MR) is 112 cm³/mol. The van der Waals surface area contributed by atoms with Gasteiger partial charge in [0.25, 0.3) is 5.91 Å². The second-order valence-electron chi connectivity index (χ2n) is 8.17. The highest BCUT2D eigenvalue weighted by Gasteiger charge is 2.40. The summed E-state index contributed by atoms with van der Waals surface area (Å²) in [6.07, 6.45) is -8.56. The Balaban J connectivity index is 1.26. The van der Waals surface area contributed by atoms with Crippen molar-refractivity contribution in [3.8, 4) is 5.75 Å². The molecule has 1 saturated carbocycles. The third kappa shape index (κ3) is 7.98. The zero-order valence-electron chi connectivity index (χ0n) is 18.0. The van der Waals surface area contributed by atoms with E-state index < -0.39 is 48.7 Å². The molecule has 1 aromatic rings. The van der Waals surface area contributed by atoms with Gasteiger partial charge in [-0.1, -0.05) is 11.6 Å². The normalized spacial score (nSPS) is 24.9. The molecule has 9 nitrogen and oxygen atoms in total. The van der Waals surface area contributed by atoms with Gasteiger partial charge in [-0.05, 0) is 24.6 Å². The summed E-state index contributed by atoms with van der Waals surface area (Å²) in [7, 11) is 0. The van der Waals surface area contributed by atoms with Crippen molar-refractivity contribution in [3.05, 3.63) is 28.8 Å². The van der Waals surface area contributed by atoms with Crippen molar-refractivity contribution in [1.29, 1.82) is 0 Å². The lowest BCUT2D eigenvalue weighted by molar-refractivity contribution is -0.357. The molecule has 4 N–H and O–H groups in total. The Labute approximate surface area is 198 Å². The first-order chi connectivity index (χ1) is 16.0. The van der Waals surface area contributed by atoms with E-state index in [0.29, 0.717) is 16.3 Å². The zero-order valence-corrected chi connectivity index (χ0v) is 18.8. The van der Waals surface area contributed by atoms with Crippen LogP contribution < -0.4 is 15.4 Å². The van der Waals surface area contributed by atoms with Gasteiger partial charge in [-0.2, -0.15) is 0 Å². The Hall–Kier alpha value is -2.12. The van der Waals surface area contributed by atoms with Crippen LogP contribution in [0.5, 0.6) is 5.75 Å². The van der Waals surface area contributed by atoms with Crippen molar-refractivity contribution in [2.75, 3.05) is 19.7 Å². The summed E-state index contributed by atoms with van der Waals surface area (Å²) in [5.74, 6) is -0.595. The molecular formula is C21H26ClF3N2O7. The van der Waals surface area contributed by atoms with Crippen LogP contribution in [0.3, 0.4) is 0 Å². The number of alkyl halides is 3. The largest absolute Gasteiger partial charge is 0.522 e. The highest BCUT2D eigenvalue weighted by Crippen LogP contribution is 2.36. The van der Waals surface area contributed by atoms with Crippen molar-refractivity contribution in [3.63, 3.8) is 0 Å². The lowest BCUT2D eigenvalue weighted by Crippen LogP contribution is -2.44. The van der Waals surface area contributed by atoms with E-state index in [1.165, 1.54) is 0 Å². The number of amides is 2. The molecule has 13 heteroatoms. The Bertz CT molecular complexity index is 867. The lowest BCUT2D eigenvalue weighted by atomic mass is 9.92. The van der Waals surface area contributed by atoms with E-state index in [1.807, 2.05) is 0 Å². The number of rotatable bonds is 10. The molecule has 3 atom stereocenters. The molecule has 2 amide bonds. The Kier molecular flexibility index (Phi) is 8.99. The third-order valence-electron chi connectivity index (χ3n) is 5.44. The number of nitrogens with one attached hydrogen (secondary N) is 2. The van der Waals surface area contributed by atoms with Crippen molar-refractivity contribution in [2.24, 2.45) is 0 Å². The van der Waals surface area contributed by atoms with E-state index in [-0.39, 0.29) is 45.4 Å². The SMILES string of the molecule is O=C(CO[C@H]1C[C@@H](OC(F)(F)F)C1)NC[C@@H](O)CCNC(=O)[C@H]1C[C@@H](O)c2cc(Cl)ccc2O1. The molecule has 2 aliphatic rings. The standard InChI is InChI=1S/C21H26ClF3N2O7/c22-11-1-2-17-15(5-11)16(29)8-18(33-17)20(31)26-4-3-12(28)9-27-19(30)10-32-13-6-14(7-13)34-21(23,24)25/h1-2,5,12-14,16,18,28-29H,3-4,6-10H2,(H,26,31)(H,27,30)/t12-,13-,14+,16+,18+/m0/s1. The smallest absolute Gasteiger partial charge is 0.480 e. The molecule has 1 heterocycles. The van der Waals surface area contributed by atoms with Gasteiger partial charge in [-0.3, -0.25) is 14.3 Å². The van der Waals surface area contributed by atoms with Crippen LogP contribution in [-0.4, -0.2) is 72.5 Å². The average Bonchev–Trinajstić information content (AvgIpc) is 2.73. The number of hydrogen-bond donors (Lipinski definition) is 4. The summed E-state index contributed by atoms with van der Waals surface area (Å²) in [4.78, 5) is 24.1. The molecule has 34 heavy (non-hydrogen) atoms. The highest BCUT2D eigenvalue weighted by atomic mass is 35.5. The molecule has 3 rings (SSSR count). The molecule has 0 spiro atoms. The molecular weight excluding hydrogens is 485 g/mol. The number of halogens is 4. The minimum Gasteiger partial charge on any atom is -0.480 e. The van der Waals surface area contributed by atoms with Gasteiger partial charge in [0.05, 0.1) is 24.4 Å². The van der Waals surface area contributed by atoms with Crippen molar-refractivity contribution >= 4 is 23.4 Å². The highest BCUT2D eigenvalue weighted by molar-refractivity contribution is 6.30. The summed E-state index contributed by atoms with van der Waals surface area (Å²) in [6, 6.07) is 4.75. The molecule has 190 valence electrons. The summed E-state index contributed by atoms with van der Waals surface area (Å²) >= 11 is 5.91. The van der Waals surface area contributed by atoms with Gasteiger partial charge >= 0.3 is 6.36 Å². The van der Waals surface area contributed by atoms with Gasteiger partial charge < -0.3 is 30.3 Å². The number of ether oxygens (including phenoxy) is 3. The molecule has 0 aromatic heterocycles. The Morgan fingerprint density at radius 1 is 1.21 bits per heavy atom. The van der Waals surface area contributed by atoms with E-state index in [0.717, 1.165) is 0 Å². The minimum atomic E-state index is -4.69.